The molecule has 0 bridgehead atoms. The Morgan fingerprint density at radius 3 is 1.33 bits per heavy atom. The van der Waals surface area contributed by atoms with Gasteiger partial charge >= 0.3 is 0 Å². The molecule has 73 valence electrons. The molecule has 0 heterocycles. The summed E-state index contributed by atoms with van der Waals surface area (Å²) in [5.41, 5.74) is 0. The van der Waals surface area contributed by atoms with Gasteiger partial charge in [-0.05, 0) is 25.2 Å². The maximum absolute atomic E-state index is 2.31. The van der Waals surface area contributed by atoms with Gasteiger partial charge in [0.25, 0.3) is 0 Å². The Kier molecular flexibility index (Phi) is 4.58. The van der Waals surface area contributed by atoms with Crippen LogP contribution in [-0.2, 0) is 0 Å². The van der Waals surface area contributed by atoms with Crippen LogP contribution in [0.4, 0.5) is 0 Å². The largest absolute Gasteiger partial charge is 0.0622 e. The van der Waals surface area contributed by atoms with Gasteiger partial charge in [-0.2, -0.15) is 0 Å². The summed E-state index contributed by atoms with van der Waals surface area (Å²) in [6, 6.07) is 21.4. The average Bonchev–Trinajstić information content (AvgIpc) is 2.30. The first-order chi connectivity index (χ1) is 6.88. The predicted octanol–water partition coefficient (Wildman–Crippen LogP) is 2.37. The van der Waals surface area contributed by atoms with E-state index in [1.54, 1.807) is 0 Å². The van der Waals surface area contributed by atoms with Crippen LogP contribution < -0.4 is 10.6 Å². The molecule has 0 amide bonds. The Morgan fingerprint density at radius 1 is 0.667 bits per heavy atom. The van der Waals surface area contributed by atoms with Crippen LogP contribution in [0.2, 0.25) is 0 Å². The Bertz CT molecular complexity index is 346. The number of rotatable bonds is 2. The van der Waals surface area contributed by atoms with Crippen LogP contribution in [0.3, 0.4) is 0 Å². The summed E-state index contributed by atoms with van der Waals surface area (Å²) in [6.45, 7) is 2.31. The molecule has 0 atom stereocenters. The van der Waals surface area contributed by atoms with E-state index in [2.05, 4.69) is 67.3 Å². The number of hydrogen-bond donors (Lipinski definition) is 0. The minimum atomic E-state index is -0.171. The molecule has 0 saturated heterocycles. The van der Waals surface area contributed by atoms with Crippen LogP contribution in [0.15, 0.2) is 60.7 Å². The standard InChI is InChI=1S/C13H13P.B/c1-14(12-8-4-2-5-9-12)13-10-6-3-7-11-13;/h2-11H,1H3;. The molecule has 0 aliphatic carbocycles. The molecule has 2 rings (SSSR count). The molecule has 0 aromatic heterocycles. The van der Waals surface area contributed by atoms with E-state index in [-0.39, 0.29) is 16.3 Å². The molecular formula is C13H13BP. The molecule has 0 aliphatic heterocycles. The third-order valence-electron chi connectivity index (χ3n) is 2.29. The molecule has 0 saturated carbocycles. The first-order valence-electron chi connectivity index (χ1n) is 4.72. The Morgan fingerprint density at radius 2 is 1.00 bits per heavy atom. The van der Waals surface area contributed by atoms with Gasteiger partial charge < -0.3 is 0 Å². The summed E-state index contributed by atoms with van der Waals surface area (Å²) in [7, 11) is -0.171. The molecule has 2 heteroatoms. The monoisotopic (exact) mass is 211 g/mol. The van der Waals surface area contributed by atoms with E-state index in [0.717, 1.165) is 0 Å². The van der Waals surface area contributed by atoms with Gasteiger partial charge in [0.05, 0.1) is 0 Å². The summed E-state index contributed by atoms with van der Waals surface area (Å²) in [6.07, 6.45) is 0. The maximum Gasteiger partial charge on any atom is 0 e. The van der Waals surface area contributed by atoms with E-state index in [9.17, 15) is 0 Å². The zero-order valence-corrected chi connectivity index (χ0v) is 9.69. The fourth-order valence-electron chi connectivity index (χ4n) is 1.45. The molecule has 0 fully saturated rings. The molecule has 0 unspecified atom stereocenters. The second kappa shape index (κ2) is 5.73. The highest BCUT2D eigenvalue weighted by molar-refractivity contribution is 7.72. The van der Waals surface area contributed by atoms with Crippen molar-refractivity contribution in [2.75, 3.05) is 6.66 Å². The van der Waals surface area contributed by atoms with E-state index < -0.39 is 0 Å². The van der Waals surface area contributed by atoms with Crippen LogP contribution >= 0.6 is 7.92 Å². The molecule has 3 radical (unpaired) electrons. The second-order valence-electron chi connectivity index (χ2n) is 3.23. The molecule has 2 aromatic carbocycles. The minimum absolute atomic E-state index is 0. The summed E-state index contributed by atoms with van der Waals surface area (Å²) < 4.78 is 0. The lowest BCUT2D eigenvalue weighted by Crippen LogP contribution is -2.09. The van der Waals surface area contributed by atoms with Crippen LogP contribution in [0.5, 0.6) is 0 Å². The van der Waals surface area contributed by atoms with Crippen LogP contribution in [0.1, 0.15) is 0 Å². The SMILES string of the molecule is CP(c1ccccc1)c1ccccc1.[B]. The molecule has 15 heavy (non-hydrogen) atoms. The Balaban J connectivity index is 0.00000112. The lowest BCUT2D eigenvalue weighted by molar-refractivity contribution is 1.75. The molecule has 0 spiro atoms. The average molecular weight is 211 g/mol. The van der Waals surface area contributed by atoms with E-state index >= 15 is 0 Å². The van der Waals surface area contributed by atoms with E-state index in [1.807, 2.05) is 0 Å². The van der Waals surface area contributed by atoms with Crippen molar-refractivity contribution in [3.05, 3.63) is 60.7 Å². The van der Waals surface area contributed by atoms with Crippen molar-refractivity contribution in [2.24, 2.45) is 0 Å². The van der Waals surface area contributed by atoms with Crippen molar-refractivity contribution in [3.8, 4) is 0 Å². The molecule has 0 N–H and O–H groups in total. The van der Waals surface area contributed by atoms with Gasteiger partial charge in [-0.25, -0.2) is 0 Å². The Hall–Kier alpha value is -1.07. The lowest BCUT2D eigenvalue weighted by atomic mass is 10.4. The fraction of sp³-hybridized carbons (Fsp3) is 0.0769. The summed E-state index contributed by atoms with van der Waals surface area (Å²) >= 11 is 0. The highest BCUT2D eigenvalue weighted by Gasteiger charge is 2.05. The highest BCUT2D eigenvalue weighted by Crippen LogP contribution is 2.27. The quantitative estimate of drug-likeness (QED) is 0.528. The topological polar surface area (TPSA) is 0 Å². The zero-order chi connectivity index (χ0) is 9.80. The normalized spacial score (nSPS) is 9.73. The summed E-state index contributed by atoms with van der Waals surface area (Å²) in [5.74, 6) is 0. The first-order valence-corrected chi connectivity index (χ1v) is 6.50. The van der Waals surface area contributed by atoms with Gasteiger partial charge in [0.1, 0.15) is 0 Å². The van der Waals surface area contributed by atoms with Crippen molar-refractivity contribution in [3.63, 3.8) is 0 Å². The van der Waals surface area contributed by atoms with Crippen LogP contribution in [0.25, 0.3) is 0 Å². The van der Waals surface area contributed by atoms with E-state index in [4.69, 9.17) is 0 Å². The van der Waals surface area contributed by atoms with Gasteiger partial charge in [-0.15, -0.1) is 0 Å². The molecule has 2 aromatic rings. The van der Waals surface area contributed by atoms with Crippen LogP contribution in [0, 0.1) is 0 Å². The highest BCUT2D eigenvalue weighted by atomic mass is 31.1. The zero-order valence-electron chi connectivity index (χ0n) is 8.80. The Labute approximate surface area is 94.7 Å². The second-order valence-corrected chi connectivity index (χ2v) is 5.38. The summed E-state index contributed by atoms with van der Waals surface area (Å²) in [4.78, 5) is 0. The molecule has 0 nitrogen and oxygen atoms in total. The van der Waals surface area contributed by atoms with Crippen molar-refractivity contribution in [2.45, 2.75) is 0 Å². The van der Waals surface area contributed by atoms with Crippen molar-refractivity contribution in [1.29, 1.82) is 0 Å². The van der Waals surface area contributed by atoms with Crippen LogP contribution in [-0.4, -0.2) is 15.1 Å². The van der Waals surface area contributed by atoms with Gasteiger partial charge in [0, 0.05) is 8.41 Å². The smallest absolute Gasteiger partial charge is 0 e. The third kappa shape index (κ3) is 2.94. The van der Waals surface area contributed by atoms with Gasteiger partial charge in [-0.1, -0.05) is 60.7 Å². The molecular weight excluding hydrogens is 198 g/mol. The number of hydrogen-bond acceptors (Lipinski definition) is 0. The van der Waals surface area contributed by atoms with Crippen molar-refractivity contribution >= 4 is 26.9 Å². The molecule has 0 aliphatic rings. The van der Waals surface area contributed by atoms with Gasteiger partial charge in [-0.3, -0.25) is 0 Å². The fourth-order valence-corrected chi connectivity index (χ4v) is 2.99. The van der Waals surface area contributed by atoms with Crippen molar-refractivity contribution in [1.82, 2.24) is 0 Å². The minimum Gasteiger partial charge on any atom is -0.0622 e. The number of benzene rings is 2. The first kappa shape index (κ1) is 12.0. The maximum atomic E-state index is 2.31. The predicted molar refractivity (Wildman–Crippen MR) is 70.8 cm³/mol. The van der Waals surface area contributed by atoms with Gasteiger partial charge in [0.2, 0.25) is 0 Å². The van der Waals surface area contributed by atoms with E-state index in [0.29, 0.717) is 0 Å². The van der Waals surface area contributed by atoms with Crippen molar-refractivity contribution < 1.29 is 0 Å². The third-order valence-corrected chi connectivity index (χ3v) is 4.43. The van der Waals surface area contributed by atoms with E-state index in [1.165, 1.54) is 10.6 Å². The summed E-state index contributed by atoms with van der Waals surface area (Å²) in [5, 5.41) is 2.88. The van der Waals surface area contributed by atoms with Gasteiger partial charge in [0.15, 0.2) is 0 Å². The lowest BCUT2D eigenvalue weighted by Gasteiger charge is -2.12.